The van der Waals surface area contributed by atoms with E-state index in [9.17, 15) is 0 Å². The van der Waals surface area contributed by atoms with Crippen molar-refractivity contribution >= 4 is 3.21 Å². The molecule has 168 valence electrons. The molecule has 6 rings (SSSR count). The SMILES string of the molecule is [Cl-].[Cl-].[Zr+2]=[C](c1ccccc1)c1ccccc1.[c-]1cccc2c1Cc1ccccc1-2.c1cc[cH-]c1. The van der Waals surface area contributed by atoms with Gasteiger partial charge in [0.1, 0.15) is 0 Å². The van der Waals surface area contributed by atoms with Gasteiger partial charge in [-0.15, -0.1) is 5.56 Å². The molecule has 0 amide bonds. The monoisotopic (exact) mass is 556 g/mol. The Labute approximate surface area is 230 Å². The first kappa shape index (κ1) is 27.8. The number of hydrogen-bond acceptors (Lipinski definition) is 0. The van der Waals surface area contributed by atoms with Gasteiger partial charge in [-0.3, -0.25) is 0 Å². The van der Waals surface area contributed by atoms with Gasteiger partial charge in [0, 0.05) is 0 Å². The topological polar surface area (TPSA) is 0 Å². The molecule has 1 aliphatic rings. The Balaban J connectivity index is 0.000000191. The molecular weight excluding hydrogens is 534 g/mol. The molecule has 34 heavy (non-hydrogen) atoms. The van der Waals surface area contributed by atoms with E-state index in [1.165, 1.54) is 60.8 Å². The van der Waals surface area contributed by atoms with Gasteiger partial charge < -0.3 is 24.8 Å². The second kappa shape index (κ2) is 14.7. The average molecular weight is 559 g/mol. The number of benzene rings is 4. The number of hydrogen-bond donors (Lipinski definition) is 0. The van der Waals surface area contributed by atoms with E-state index < -0.39 is 0 Å². The summed E-state index contributed by atoms with van der Waals surface area (Å²) in [5, 5.41) is 0. The number of halogens is 2. The Kier molecular flexibility index (Phi) is 12.1. The van der Waals surface area contributed by atoms with Gasteiger partial charge in [0.2, 0.25) is 0 Å². The van der Waals surface area contributed by atoms with E-state index in [1.54, 1.807) is 0 Å². The van der Waals surface area contributed by atoms with Crippen LogP contribution >= 0.6 is 0 Å². The van der Waals surface area contributed by atoms with Crippen molar-refractivity contribution < 1.29 is 49.0 Å². The van der Waals surface area contributed by atoms with E-state index in [0.717, 1.165) is 6.42 Å². The minimum absolute atomic E-state index is 0. The van der Waals surface area contributed by atoms with Crippen LogP contribution in [0.25, 0.3) is 11.1 Å². The van der Waals surface area contributed by atoms with Crippen molar-refractivity contribution in [3.8, 4) is 11.1 Å². The third kappa shape index (κ3) is 7.54. The maximum Gasteiger partial charge on any atom is -0.0253 e. The summed E-state index contributed by atoms with van der Waals surface area (Å²) in [6.45, 7) is 0. The molecule has 0 saturated carbocycles. The first-order chi connectivity index (χ1) is 15.8. The van der Waals surface area contributed by atoms with Gasteiger partial charge in [-0.25, -0.2) is 12.1 Å². The van der Waals surface area contributed by atoms with Crippen molar-refractivity contribution in [3.05, 3.63) is 162 Å². The Morgan fingerprint density at radius 2 is 1.15 bits per heavy atom. The van der Waals surface area contributed by atoms with Crippen molar-refractivity contribution in [2.45, 2.75) is 6.42 Å². The summed E-state index contributed by atoms with van der Waals surface area (Å²) in [5.41, 5.74) is 8.17. The van der Waals surface area contributed by atoms with E-state index in [0.29, 0.717) is 0 Å². The predicted octanol–water partition coefficient (Wildman–Crippen LogP) is 1.27. The van der Waals surface area contributed by atoms with Gasteiger partial charge in [0.25, 0.3) is 0 Å². The molecule has 0 radical (unpaired) electrons. The maximum atomic E-state index is 3.30. The molecule has 0 aromatic heterocycles. The maximum absolute atomic E-state index is 3.30. The van der Waals surface area contributed by atoms with Crippen LogP contribution in [0.1, 0.15) is 22.3 Å². The largest absolute Gasteiger partial charge is 0.214 e. The Morgan fingerprint density at radius 3 is 1.71 bits per heavy atom. The van der Waals surface area contributed by atoms with E-state index in [-0.39, 0.29) is 24.8 Å². The summed E-state index contributed by atoms with van der Waals surface area (Å²) in [6.07, 6.45) is 1.05. The summed E-state index contributed by atoms with van der Waals surface area (Å²) in [5.74, 6) is 0. The molecular formula is C31H24Cl2Zr-2. The van der Waals surface area contributed by atoms with Crippen LogP contribution in [0.15, 0.2) is 133 Å². The predicted molar refractivity (Wildman–Crippen MR) is 132 cm³/mol. The molecule has 0 aliphatic heterocycles. The molecule has 0 atom stereocenters. The zero-order valence-corrected chi connectivity index (χ0v) is 22.6. The van der Waals surface area contributed by atoms with Crippen LogP contribution in [-0.2, 0) is 30.7 Å². The second-order valence-electron chi connectivity index (χ2n) is 7.47. The van der Waals surface area contributed by atoms with Crippen molar-refractivity contribution in [2.24, 2.45) is 0 Å². The fourth-order valence-corrected chi connectivity index (χ4v) is 4.51. The molecule has 0 spiro atoms. The zero-order chi connectivity index (χ0) is 22.0. The number of rotatable bonds is 2. The Morgan fingerprint density at radius 1 is 0.618 bits per heavy atom. The fraction of sp³-hybridized carbons (Fsp3) is 0.0323. The zero-order valence-electron chi connectivity index (χ0n) is 18.7. The average Bonchev–Trinajstić information content (AvgIpc) is 3.57. The van der Waals surface area contributed by atoms with Crippen LogP contribution in [0, 0.1) is 6.07 Å². The fourth-order valence-electron chi connectivity index (χ4n) is 3.69. The Bertz CT molecular complexity index is 1140. The quantitative estimate of drug-likeness (QED) is 0.281. The van der Waals surface area contributed by atoms with Crippen molar-refractivity contribution in [2.75, 3.05) is 0 Å². The summed E-state index contributed by atoms with van der Waals surface area (Å²) >= 11 is 1.46. The van der Waals surface area contributed by atoms with Crippen LogP contribution in [0.4, 0.5) is 0 Å². The van der Waals surface area contributed by atoms with E-state index in [4.69, 9.17) is 0 Å². The van der Waals surface area contributed by atoms with Crippen LogP contribution in [-0.4, -0.2) is 3.21 Å². The van der Waals surface area contributed by atoms with Crippen LogP contribution < -0.4 is 24.8 Å². The molecule has 3 heteroatoms. The first-order valence-corrected chi connectivity index (χ1v) is 12.0. The molecule has 0 N–H and O–H groups in total. The van der Waals surface area contributed by atoms with Gasteiger partial charge in [-0.1, -0.05) is 35.4 Å². The molecule has 5 aromatic rings. The van der Waals surface area contributed by atoms with Gasteiger partial charge in [-0.05, 0) is 6.42 Å². The molecule has 0 saturated heterocycles. The third-order valence-electron chi connectivity index (χ3n) is 5.30. The smallest absolute Gasteiger partial charge is 0.0253 e. The number of fused-ring (bicyclic) bond motifs is 3. The summed E-state index contributed by atoms with van der Waals surface area (Å²) < 4.78 is 1.42. The first-order valence-electron chi connectivity index (χ1n) is 10.8. The van der Waals surface area contributed by atoms with Gasteiger partial charge >= 0.3 is 99.2 Å². The van der Waals surface area contributed by atoms with E-state index in [2.05, 4.69) is 103 Å². The molecule has 0 nitrogen and oxygen atoms in total. The molecule has 1 aliphatic carbocycles. The summed E-state index contributed by atoms with van der Waals surface area (Å²) in [6, 6.07) is 49.2. The standard InChI is InChI=1S/C13H9.C13H10.C5H5.2ClH.Zr/c1-3-7-12-10(5-1)9-11-6-2-4-8-13(11)12;1-3-7-12(8-4-1)11-13-9-5-2-6-10-13;1-2-4-5-3-1;;;/h1-5,7-8H,9H2;1-10H;1-5H;2*1H;/q-1;;-1;;;+2/p-2. The third-order valence-corrected chi connectivity index (χ3v) is 6.72. The van der Waals surface area contributed by atoms with Gasteiger partial charge in [0.15, 0.2) is 0 Å². The Hall–Kier alpha value is -2.44. The van der Waals surface area contributed by atoms with E-state index in [1.807, 2.05) is 36.4 Å². The molecule has 0 heterocycles. The molecule has 0 bridgehead atoms. The van der Waals surface area contributed by atoms with Crippen LogP contribution in [0.3, 0.4) is 0 Å². The van der Waals surface area contributed by atoms with Crippen molar-refractivity contribution in [1.29, 1.82) is 0 Å². The second-order valence-corrected chi connectivity index (χ2v) is 8.69. The minimum atomic E-state index is 0. The minimum Gasteiger partial charge on any atom is -0.214 e. The van der Waals surface area contributed by atoms with Crippen LogP contribution in [0.2, 0.25) is 0 Å². The normalized spacial score (nSPS) is 9.94. The van der Waals surface area contributed by atoms with Gasteiger partial charge in [-0.2, -0.15) is 48.0 Å². The molecule has 5 aromatic carbocycles. The van der Waals surface area contributed by atoms with Crippen molar-refractivity contribution in [1.82, 2.24) is 0 Å². The molecule has 0 fully saturated rings. The van der Waals surface area contributed by atoms with Gasteiger partial charge in [0.05, 0.1) is 0 Å². The summed E-state index contributed by atoms with van der Waals surface area (Å²) in [7, 11) is 0. The molecule has 0 unspecified atom stereocenters. The van der Waals surface area contributed by atoms with Crippen LogP contribution in [0.5, 0.6) is 0 Å². The van der Waals surface area contributed by atoms with Crippen molar-refractivity contribution in [3.63, 3.8) is 0 Å². The van der Waals surface area contributed by atoms with E-state index >= 15 is 0 Å². The summed E-state index contributed by atoms with van der Waals surface area (Å²) in [4.78, 5) is 0.